The van der Waals surface area contributed by atoms with Crippen molar-refractivity contribution in [2.75, 3.05) is 54.1 Å². The third-order valence-corrected chi connectivity index (χ3v) is 14.1. The van der Waals surface area contributed by atoms with Gasteiger partial charge in [0.25, 0.3) is 0 Å². The summed E-state index contributed by atoms with van der Waals surface area (Å²) in [5, 5.41) is 4.17. The second-order valence-electron chi connectivity index (χ2n) is 19.2. The van der Waals surface area contributed by atoms with Crippen molar-refractivity contribution < 1.29 is 27.8 Å². The first kappa shape index (κ1) is 46.6. The fourth-order valence-electron chi connectivity index (χ4n) is 10.6. The molecule has 0 saturated carbocycles. The fraction of sp³-hybridized carbons (Fsp3) is 0.316. The average molecular weight is 944 g/mol. The molecule has 0 bridgehead atoms. The van der Waals surface area contributed by atoms with Crippen LogP contribution in [0.1, 0.15) is 53.3 Å². The molecule has 3 atom stereocenters. The molecule has 10 rings (SSSR count). The number of anilines is 3. The van der Waals surface area contributed by atoms with E-state index in [1.165, 1.54) is 51.7 Å². The van der Waals surface area contributed by atoms with Gasteiger partial charge >= 0.3 is 6.03 Å². The fourth-order valence-corrected chi connectivity index (χ4v) is 10.6. The molecule has 7 aromatic rings. The standard InChI is InChI=1S/C57H59F2N7O4/c1-40(2)65-54(45-8-6-5-7-9-45)56(33-43-14-10-41(3)11-15-43,34-44-16-12-42(4)13-17-44)66(55(65)67)49-21-19-47(20-22-49)62-28-30-63(31-29-62)48-23-25-50(26-24-48)68-35-53-69-37-57(70-53,36-64-39-60-38-61-64)51-27-18-46(58)32-52(51)59/h5-27,32,38-40,53-54H,28-31,33-37H2,1-4H3/t53-,54-,57+/m0/s1. The lowest BCUT2D eigenvalue weighted by Crippen LogP contribution is -2.52. The number of rotatable bonds is 15. The second kappa shape index (κ2) is 19.7. The van der Waals surface area contributed by atoms with E-state index in [-0.39, 0.29) is 43.4 Å². The Bertz CT molecular complexity index is 2810. The molecule has 0 unspecified atom stereocenters. The summed E-state index contributed by atoms with van der Waals surface area (Å²) in [6, 6.07) is 47.9. The largest absolute Gasteiger partial charge is 0.488 e. The van der Waals surface area contributed by atoms with Crippen LogP contribution >= 0.6 is 0 Å². The van der Waals surface area contributed by atoms with Crippen molar-refractivity contribution in [3.8, 4) is 5.75 Å². The lowest BCUT2D eigenvalue weighted by Gasteiger charge is -2.43. The number of piperazine rings is 1. The van der Waals surface area contributed by atoms with E-state index in [4.69, 9.17) is 14.2 Å². The third kappa shape index (κ3) is 9.47. The smallest absolute Gasteiger partial charge is 0.325 e. The summed E-state index contributed by atoms with van der Waals surface area (Å²) in [5.74, 6) is -0.761. The Hall–Kier alpha value is -7.09. The van der Waals surface area contributed by atoms with Crippen LogP contribution < -0.4 is 19.4 Å². The summed E-state index contributed by atoms with van der Waals surface area (Å²) in [5.41, 5.74) is 7.27. The summed E-state index contributed by atoms with van der Waals surface area (Å²) >= 11 is 0. The zero-order valence-electron chi connectivity index (χ0n) is 40.1. The van der Waals surface area contributed by atoms with Crippen LogP contribution in [-0.4, -0.2) is 83.0 Å². The number of carbonyl (C=O) groups excluding carboxylic acids is 1. The quantitative estimate of drug-likeness (QED) is 0.100. The van der Waals surface area contributed by atoms with Crippen molar-refractivity contribution >= 4 is 23.1 Å². The molecule has 3 aliphatic heterocycles. The molecule has 4 heterocycles. The number of hydrogen-bond acceptors (Lipinski definition) is 8. The molecule has 0 spiro atoms. The number of hydrogen-bond donors (Lipinski definition) is 0. The minimum Gasteiger partial charge on any atom is -0.488 e. The zero-order chi connectivity index (χ0) is 48.4. The summed E-state index contributed by atoms with van der Waals surface area (Å²) in [6.07, 6.45) is 3.44. The van der Waals surface area contributed by atoms with Gasteiger partial charge in [-0.25, -0.2) is 23.2 Å². The Morgan fingerprint density at radius 3 is 1.87 bits per heavy atom. The number of benzene rings is 6. The van der Waals surface area contributed by atoms with Crippen LogP contribution in [0.5, 0.6) is 5.75 Å². The molecule has 0 aliphatic carbocycles. The molecule has 13 heteroatoms. The van der Waals surface area contributed by atoms with Gasteiger partial charge in [-0.15, -0.1) is 0 Å². The average Bonchev–Trinajstić information content (AvgIpc) is 4.10. The van der Waals surface area contributed by atoms with E-state index in [0.717, 1.165) is 54.9 Å². The van der Waals surface area contributed by atoms with Crippen LogP contribution in [0, 0.1) is 25.5 Å². The number of aromatic nitrogens is 3. The van der Waals surface area contributed by atoms with Crippen molar-refractivity contribution in [2.45, 2.75) is 76.6 Å². The Labute approximate surface area is 408 Å². The molecule has 360 valence electrons. The topological polar surface area (TPSA) is 88.4 Å². The molecule has 3 saturated heterocycles. The lowest BCUT2D eigenvalue weighted by molar-refractivity contribution is -0.117. The Balaban J connectivity index is 0.832. The highest BCUT2D eigenvalue weighted by molar-refractivity contribution is 5.98. The van der Waals surface area contributed by atoms with Crippen LogP contribution in [0.3, 0.4) is 0 Å². The predicted molar refractivity (Wildman–Crippen MR) is 268 cm³/mol. The van der Waals surface area contributed by atoms with Gasteiger partial charge in [-0.1, -0.05) is 96.1 Å². The summed E-state index contributed by atoms with van der Waals surface area (Å²) < 4.78 is 48.9. The van der Waals surface area contributed by atoms with Gasteiger partial charge in [0.15, 0.2) is 6.29 Å². The maximum absolute atomic E-state index is 15.2. The molecule has 0 N–H and O–H groups in total. The van der Waals surface area contributed by atoms with E-state index in [1.807, 2.05) is 18.2 Å². The minimum atomic E-state index is -1.25. The maximum Gasteiger partial charge on any atom is 0.325 e. The minimum absolute atomic E-state index is 0.0148. The number of nitrogens with zero attached hydrogens (tertiary/aromatic N) is 7. The van der Waals surface area contributed by atoms with Crippen LogP contribution in [0.4, 0.5) is 30.6 Å². The molecule has 3 fully saturated rings. The normalized spacial score (nSPS) is 20.2. The molecular formula is C57H59F2N7O4. The van der Waals surface area contributed by atoms with Gasteiger partial charge in [0.1, 0.15) is 42.2 Å². The first-order valence-corrected chi connectivity index (χ1v) is 24.2. The molecule has 3 aliphatic rings. The van der Waals surface area contributed by atoms with Crippen molar-refractivity contribution in [3.63, 3.8) is 0 Å². The van der Waals surface area contributed by atoms with Crippen molar-refractivity contribution in [3.05, 3.63) is 203 Å². The predicted octanol–water partition coefficient (Wildman–Crippen LogP) is 10.5. The van der Waals surface area contributed by atoms with Gasteiger partial charge < -0.3 is 28.9 Å². The molecule has 2 amide bonds. The molecule has 1 aromatic heterocycles. The Morgan fingerprint density at radius 1 is 0.729 bits per heavy atom. The van der Waals surface area contributed by atoms with Gasteiger partial charge in [0, 0.05) is 60.9 Å². The van der Waals surface area contributed by atoms with Gasteiger partial charge in [0.05, 0.1) is 24.7 Å². The van der Waals surface area contributed by atoms with E-state index in [9.17, 15) is 4.39 Å². The highest BCUT2D eigenvalue weighted by Gasteiger charge is 2.59. The van der Waals surface area contributed by atoms with Crippen molar-refractivity contribution in [1.29, 1.82) is 0 Å². The molecule has 0 radical (unpaired) electrons. The van der Waals surface area contributed by atoms with E-state index in [0.29, 0.717) is 18.6 Å². The number of carbonyl (C=O) groups is 1. The SMILES string of the molecule is Cc1ccc(CC2(Cc3ccc(C)cc3)[C@H](c3ccccc3)N(C(C)C)C(=O)N2c2ccc(N3CCN(c4ccc(OC[C@H]5OC[C@](Cn6cncn6)(c6ccc(F)cc6F)O5)cc4)CC3)cc2)cc1. The first-order valence-electron chi connectivity index (χ1n) is 24.2. The number of amides is 2. The van der Waals surface area contributed by atoms with Crippen molar-refractivity contribution in [2.24, 2.45) is 0 Å². The van der Waals surface area contributed by atoms with Crippen LogP contribution in [0.2, 0.25) is 0 Å². The van der Waals surface area contributed by atoms with Gasteiger partial charge in [-0.2, -0.15) is 5.10 Å². The van der Waals surface area contributed by atoms with Gasteiger partial charge in [-0.3, -0.25) is 4.90 Å². The lowest BCUT2D eigenvalue weighted by atomic mass is 9.75. The third-order valence-electron chi connectivity index (χ3n) is 14.1. The maximum atomic E-state index is 15.2. The first-order chi connectivity index (χ1) is 34.0. The molecule has 11 nitrogen and oxygen atoms in total. The zero-order valence-corrected chi connectivity index (χ0v) is 40.1. The molecular weight excluding hydrogens is 885 g/mol. The van der Waals surface area contributed by atoms with E-state index >= 15 is 9.18 Å². The summed E-state index contributed by atoms with van der Waals surface area (Å²) in [7, 11) is 0. The molecule has 6 aromatic carbocycles. The van der Waals surface area contributed by atoms with Crippen molar-refractivity contribution in [1.82, 2.24) is 19.7 Å². The van der Waals surface area contributed by atoms with Crippen LogP contribution in [0.15, 0.2) is 158 Å². The Kier molecular flexibility index (Phi) is 13.1. The van der Waals surface area contributed by atoms with Gasteiger partial charge in [0.2, 0.25) is 0 Å². The van der Waals surface area contributed by atoms with E-state index in [2.05, 4.69) is 167 Å². The highest BCUT2D eigenvalue weighted by Crippen LogP contribution is 2.51. The number of urea groups is 1. The van der Waals surface area contributed by atoms with Crippen LogP contribution in [0.25, 0.3) is 0 Å². The summed E-state index contributed by atoms with van der Waals surface area (Å²) in [4.78, 5) is 28.2. The van der Waals surface area contributed by atoms with E-state index < -0.39 is 29.1 Å². The number of aryl methyl sites for hydroxylation is 2. The summed E-state index contributed by atoms with van der Waals surface area (Å²) in [6.45, 7) is 12.0. The highest BCUT2D eigenvalue weighted by atomic mass is 19.1. The van der Waals surface area contributed by atoms with Gasteiger partial charge in [-0.05, 0) is 112 Å². The van der Waals surface area contributed by atoms with Crippen LogP contribution in [-0.2, 0) is 34.5 Å². The monoisotopic (exact) mass is 943 g/mol. The Morgan fingerprint density at radius 2 is 1.31 bits per heavy atom. The molecule has 70 heavy (non-hydrogen) atoms. The van der Waals surface area contributed by atoms with E-state index in [1.54, 1.807) is 0 Å². The number of ether oxygens (including phenoxy) is 3. The second-order valence-corrected chi connectivity index (χ2v) is 19.2. The number of halogens is 2.